The number of hydrogen-bond acceptors (Lipinski definition) is 5. The number of rotatable bonds is 5. The lowest BCUT2D eigenvalue weighted by Crippen LogP contribution is -2.26. The van der Waals surface area contributed by atoms with Crippen molar-refractivity contribution in [1.82, 2.24) is 9.47 Å². The largest absolute Gasteiger partial charge is 0.490 e. The van der Waals surface area contributed by atoms with Crippen LogP contribution in [0.15, 0.2) is 42.6 Å². The molecule has 0 spiro atoms. The number of benzene rings is 2. The number of fused-ring (bicyclic) bond motifs is 2. The Morgan fingerprint density at radius 2 is 1.85 bits per heavy atom. The summed E-state index contributed by atoms with van der Waals surface area (Å²) in [4.78, 5) is 16.0. The molecule has 2 fully saturated rings. The van der Waals surface area contributed by atoms with Gasteiger partial charge >= 0.3 is 0 Å². The Morgan fingerprint density at radius 1 is 1.00 bits per heavy atom. The number of aromatic nitrogens is 1. The first-order chi connectivity index (χ1) is 16.7. The molecule has 2 aliphatic heterocycles. The molecule has 1 saturated carbocycles. The third-order valence-electron chi connectivity index (χ3n) is 7.68. The highest BCUT2D eigenvalue weighted by Crippen LogP contribution is 2.35. The van der Waals surface area contributed by atoms with Crippen LogP contribution >= 0.6 is 0 Å². The average Bonchev–Trinajstić information content (AvgIpc) is 3.58. The molecule has 1 atom stereocenters. The van der Waals surface area contributed by atoms with E-state index in [0.717, 1.165) is 42.5 Å². The summed E-state index contributed by atoms with van der Waals surface area (Å²) in [6.45, 7) is 1.33. The van der Waals surface area contributed by atoms with Gasteiger partial charge in [0.05, 0.1) is 11.6 Å². The van der Waals surface area contributed by atoms with Crippen molar-refractivity contribution in [3.05, 3.63) is 53.7 Å². The number of nitrogens with zero attached hydrogens (tertiary/aromatic N) is 2. The van der Waals surface area contributed by atoms with Crippen molar-refractivity contribution in [3.8, 4) is 17.2 Å². The molecule has 3 heterocycles. The number of ether oxygens (including phenoxy) is 3. The Bertz CT molecular complexity index is 1210. The molecule has 3 aromatic rings. The van der Waals surface area contributed by atoms with E-state index in [-0.39, 0.29) is 12.7 Å². The van der Waals surface area contributed by atoms with Crippen molar-refractivity contribution in [2.24, 2.45) is 0 Å². The number of carbonyl (C=O) groups excluding carboxylic acids is 1. The highest BCUT2D eigenvalue weighted by Gasteiger charge is 2.25. The van der Waals surface area contributed by atoms with E-state index >= 15 is 0 Å². The van der Waals surface area contributed by atoms with Gasteiger partial charge in [0.15, 0.2) is 11.5 Å². The molecular formula is C28H32N2O4. The van der Waals surface area contributed by atoms with Gasteiger partial charge in [-0.3, -0.25) is 9.36 Å². The lowest BCUT2D eigenvalue weighted by Gasteiger charge is -2.23. The minimum Gasteiger partial charge on any atom is -0.490 e. The maximum atomic E-state index is 13.6. The lowest BCUT2D eigenvalue weighted by atomic mass is 9.98. The van der Waals surface area contributed by atoms with Crippen LogP contribution in [0.2, 0.25) is 0 Å². The van der Waals surface area contributed by atoms with Gasteiger partial charge in [0, 0.05) is 23.2 Å². The third-order valence-corrected chi connectivity index (χ3v) is 7.68. The Kier molecular flexibility index (Phi) is 5.69. The number of likely N-dealkylation sites (N-methyl/N-ethyl adjacent to an activating group) is 1. The van der Waals surface area contributed by atoms with Crippen molar-refractivity contribution >= 4 is 16.8 Å². The van der Waals surface area contributed by atoms with Gasteiger partial charge in [-0.2, -0.15) is 0 Å². The molecule has 0 bridgehead atoms. The van der Waals surface area contributed by atoms with Crippen LogP contribution in [0.25, 0.3) is 10.9 Å². The van der Waals surface area contributed by atoms with E-state index in [1.165, 1.54) is 37.7 Å². The Balaban J connectivity index is 1.36. The summed E-state index contributed by atoms with van der Waals surface area (Å²) in [5, 5.41) is 1.11. The van der Waals surface area contributed by atoms with Gasteiger partial charge in [0.2, 0.25) is 6.79 Å². The number of likely N-dealkylation sites (tertiary alicyclic amines) is 1. The van der Waals surface area contributed by atoms with Crippen LogP contribution < -0.4 is 14.2 Å². The number of hydrogen-bond donors (Lipinski definition) is 0. The van der Waals surface area contributed by atoms with Crippen molar-refractivity contribution in [2.75, 3.05) is 20.4 Å². The molecule has 6 nitrogen and oxygen atoms in total. The summed E-state index contributed by atoms with van der Waals surface area (Å²) in [6.07, 6.45) is 11.7. The lowest BCUT2D eigenvalue weighted by molar-refractivity contribution is 0.0964. The highest BCUT2D eigenvalue weighted by atomic mass is 16.7. The van der Waals surface area contributed by atoms with Crippen molar-refractivity contribution in [2.45, 2.75) is 63.5 Å². The highest BCUT2D eigenvalue weighted by molar-refractivity contribution is 6.03. The van der Waals surface area contributed by atoms with Gasteiger partial charge in [-0.15, -0.1) is 0 Å². The van der Waals surface area contributed by atoms with E-state index in [2.05, 4.69) is 18.0 Å². The predicted octanol–water partition coefficient (Wildman–Crippen LogP) is 5.41. The SMILES string of the molecule is CN1CCC[C@@H]1Cc1cn(C(=O)c2ccc3c(c2)OCO3)c2ccc(OC3CCCCC3)cc12. The van der Waals surface area contributed by atoms with Crippen LogP contribution in [-0.2, 0) is 6.42 Å². The normalized spacial score (nSPS) is 20.8. The Labute approximate surface area is 200 Å². The quantitative estimate of drug-likeness (QED) is 0.510. The van der Waals surface area contributed by atoms with Gasteiger partial charge in [-0.05, 0) is 100 Å². The summed E-state index contributed by atoms with van der Waals surface area (Å²) in [5.41, 5.74) is 2.72. The zero-order valence-electron chi connectivity index (χ0n) is 19.8. The van der Waals surface area contributed by atoms with Crippen LogP contribution in [0.4, 0.5) is 0 Å². The molecule has 6 rings (SSSR count). The van der Waals surface area contributed by atoms with Gasteiger partial charge in [-0.25, -0.2) is 0 Å². The fraction of sp³-hybridized carbons (Fsp3) is 0.464. The fourth-order valence-electron chi connectivity index (χ4n) is 5.72. The predicted molar refractivity (Wildman–Crippen MR) is 131 cm³/mol. The molecule has 1 saturated heterocycles. The molecule has 34 heavy (non-hydrogen) atoms. The van der Waals surface area contributed by atoms with E-state index in [1.807, 2.05) is 30.5 Å². The Hall–Kier alpha value is -2.99. The Morgan fingerprint density at radius 3 is 2.68 bits per heavy atom. The van der Waals surface area contributed by atoms with Crippen LogP contribution in [0.5, 0.6) is 17.2 Å². The second kappa shape index (κ2) is 8.99. The van der Waals surface area contributed by atoms with Crippen molar-refractivity contribution < 1.29 is 19.0 Å². The zero-order valence-corrected chi connectivity index (χ0v) is 19.8. The summed E-state index contributed by atoms with van der Waals surface area (Å²) in [6, 6.07) is 12.1. The first-order valence-corrected chi connectivity index (χ1v) is 12.6. The molecule has 3 aliphatic rings. The van der Waals surface area contributed by atoms with Gasteiger partial charge in [-0.1, -0.05) is 6.42 Å². The second-order valence-electron chi connectivity index (χ2n) is 9.94. The molecule has 2 aromatic carbocycles. The minimum atomic E-state index is -0.0599. The first kappa shape index (κ1) is 21.5. The van der Waals surface area contributed by atoms with Gasteiger partial charge in [0.25, 0.3) is 5.91 Å². The average molecular weight is 461 g/mol. The minimum absolute atomic E-state index is 0.0599. The van der Waals surface area contributed by atoms with E-state index in [1.54, 1.807) is 10.6 Å². The van der Waals surface area contributed by atoms with Crippen LogP contribution in [0, 0.1) is 0 Å². The maximum absolute atomic E-state index is 13.6. The van der Waals surface area contributed by atoms with Crippen molar-refractivity contribution in [1.29, 1.82) is 0 Å². The monoisotopic (exact) mass is 460 g/mol. The maximum Gasteiger partial charge on any atom is 0.262 e. The second-order valence-corrected chi connectivity index (χ2v) is 9.94. The molecular weight excluding hydrogens is 428 g/mol. The van der Waals surface area contributed by atoms with Crippen LogP contribution in [0.3, 0.4) is 0 Å². The molecule has 0 radical (unpaired) electrons. The molecule has 0 amide bonds. The van der Waals surface area contributed by atoms with E-state index in [0.29, 0.717) is 29.2 Å². The van der Waals surface area contributed by atoms with E-state index in [9.17, 15) is 4.79 Å². The van der Waals surface area contributed by atoms with Crippen molar-refractivity contribution in [3.63, 3.8) is 0 Å². The summed E-state index contributed by atoms with van der Waals surface area (Å²) >= 11 is 0. The first-order valence-electron chi connectivity index (χ1n) is 12.6. The standard InChI is InChI=1S/C28H32N2O4/c1-29-13-5-6-21(29)14-20-17-30(28(31)19-9-12-26-27(15-19)33-18-32-26)25-11-10-23(16-24(20)25)34-22-7-3-2-4-8-22/h9-12,15-17,21-22H,2-8,13-14,18H2,1H3/t21-/m1/s1. The fourth-order valence-corrected chi connectivity index (χ4v) is 5.72. The van der Waals surface area contributed by atoms with Crippen LogP contribution in [-0.4, -0.2) is 47.9 Å². The summed E-state index contributed by atoms with van der Waals surface area (Å²) in [5.74, 6) is 2.16. The van der Waals surface area contributed by atoms with E-state index in [4.69, 9.17) is 14.2 Å². The molecule has 0 unspecified atom stereocenters. The van der Waals surface area contributed by atoms with Crippen LogP contribution in [0.1, 0.15) is 60.9 Å². The number of carbonyl (C=O) groups is 1. The van der Waals surface area contributed by atoms with Gasteiger partial charge in [0.1, 0.15) is 5.75 Å². The third kappa shape index (κ3) is 4.05. The van der Waals surface area contributed by atoms with Gasteiger partial charge < -0.3 is 19.1 Å². The smallest absolute Gasteiger partial charge is 0.262 e. The van der Waals surface area contributed by atoms with E-state index < -0.39 is 0 Å². The molecule has 1 aromatic heterocycles. The summed E-state index contributed by atoms with van der Waals surface area (Å²) < 4.78 is 19.1. The molecule has 0 N–H and O–H groups in total. The summed E-state index contributed by atoms with van der Waals surface area (Å²) in [7, 11) is 2.20. The molecule has 1 aliphatic carbocycles. The topological polar surface area (TPSA) is 52.9 Å². The molecule has 6 heteroatoms. The molecule has 178 valence electrons. The zero-order chi connectivity index (χ0) is 23.1.